The maximum atomic E-state index is 6.23. The number of rotatable bonds is 5. The summed E-state index contributed by atoms with van der Waals surface area (Å²) in [4.78, 5) is 0. The summed E-state index contributed by atoms with van der Waals surface area (Å²) < 4.78 is 5.69. The molecule has 1 aliphatic rings. The highest BCUT2D eigenvalue weighted by Crippen LogP contribution is 2.20. The Kier molecular flexibility index (Phi) is 5.28. The molecular weight excluding hydrogens is 222 g/mol. The van der Waals surface area contributed by atoms with E-state index in [4.69, 9.17) is 10.5 Å². The van der Waals surface area contributed by atoms with Gasteiger partial charge in [-0.25, -0.2) is 0 Å². The van der Waals surface area contributed by atoms with Crippen molar-refractivity contribution >= 4 is 0 Å². The summed E-state index contributed by atoms with van der Waals surface area (Å²) >= 11 is 0. The number of hydrogen-bond acceptors (Lipinski definition) is 2. The molecule has 2 nitrogen and oxygen atoms in total. The molecule has 0 saturated heterocycles. The van der Waals surface area contributed by atoms with E-state index >= 15 is 0 Å². The van der Waals surface area contributed by atoms with E-state index in [2.05, 4.69) is 6.08 Å². The van der Waals surface area contributed by atoms with E-state index in [0.29, 0.717) is 6.61 Å². The monoisotopic (exact) mass is 245 g/mol. The summed E-state index contributed by atoms with van der Waals surface area (Å²) in [5, 5.41) is 0. The second-order valence-corrected chi connectivity index (χ2v) is 4.94. The normalized spacial score (nSPS) is 17.7. The fourth-order valence-corrected chi connectivity index (χ4v) is 2.38. The molecule has 2 heteroatoms. The van der Waals surface area contributed by atoms with Crippen molar-refractivity contribution in [3.8, 4) is 5.75 Å². The number of allylic oxidation sites excluding steroid dienone is 1. The Morgan fingerprint density at radius 1 is 1.11 bits per heavy atom. The van der Waals surface area contributed by atoms with Gasteiger partial charge in [0.15, 0.2) is 0 Å². The summed E-state index contributed by atoms with van der Waals surface area (Å²) in [7, 11) is 0. The molecule has 0 radical (unpaired) electrons. The van der Waals surface area contributed by atoms with Crippen molar-refractivity contribution in [3.05, 3.63) is 42.0 Å². The smallest absolute Gasteiger partial charge is 0.119 e. The first-order valence-corrected chi connectivity index (χ1v) is 6.98. The number of para-hydroxylation sites is 1. The zero-order valence-electron chi connectivity index (χ0n) is 11.0. The molecule has 0 amide bonds. The minimum atomic E-state index is 0.173. The van der Waals surface area contributed by atoms with E-state index in [1.54, 1.807) is 0 Å². The molecular formula is C16H23NO. The van der Waals surface area contributed by atoms with E-state index in [-0.39, 0.29) is 6.04 Å². The molecule has 0 aliphatic heterocycles. The van der Waals surface area contributed by atoms with Gasteiger partial charge in [-0.2, -0.15) is 0 Å². The Hall–Kier alpha value is -1.28. The minimum Gasteiger partial charge on any atom is -0.494 e. The van der Waals surface area contributed by atoms with Gasteiger partial charge in [-0.3, -0.25) is 0 Å². The van der Waals surface area contributed by atoms with Gasteiger partial charge in [0.2, 0.25) is 0 Å². The van der Waals surface area contributed by atoms with Crippen LogP contribution in [0.4, 0.5) is 0 Å². The SMILES string of the molecule is NC(CCOc1ccccc1)C1=CCCCCC1. The molecule has 1 aromatic rings. The van der Waals surface area contributed by atoms with Gasteiger partial charge in [0.1, 0.15) is 5.75 Å². The maximum absolute atomic E-state index is 6.23. The molecule has 1 unspecified atom stereocenters. The van der Waals surface area contributed by atoms with Gasteiger partial charge >= 0.3 is 0 Å². The number of benzene rings is 1. The predicted octanol–water partition coefficient (Wildman–Crippen LogP) is 3.67. The van der Waals surface area contributed by atoms with Crippen LogP contribution in [0.3, 0.4) is 0 Å². The van der Waals surface area contributed by atoms with E-state index in [0.717, 1.165) is 12.2 Å². The van der Waals surface area contributed by atoms with E-state index in [1.807, 2.05) is 30.3 Å². The average molecular weight is 245 g/mol. The lowest BCUT2D eigenvalue weighted by atomic mass is 10.0. The van der Waals surface area contributed by atoms with Crippen molar-refractivity contribution in [3.63, 3.8) is 0 Å². The van der Waals surface area contributed by atoms with Crippen molar-refractivity contribution in [1.29, 1.82) is 0 Å². The third-order valence-corrected chi connectivity index (χ3v) is 3.49. The van der Waals surface area contributed by atoms with Crippen LogP contribution >= 0.6 is 0 Å². The Balaban J connectivity index is 1.74. The Morgan fingerprint density at radius 2 is 1.94 bits per heavy atom. The Labute approximate surface area is 110 Å². The van der Waals surface area contributed by atoms with Crippen LogP contribution < -0.4 is 10.5 Å². The van der Waals surface area contributed by atoms with Crippen molar-refractivity contribution in [1.82, 2.24) is 0 Å². The molecule has 0 heterocycles. The van der Waals surface area contributed by atoms with Gasteiger partial charge in [0.05, 0.1) is 6.61 Å². The summed E-state index contributed by atoms with van der Waals surface area (Å²) in [6, 6.07) is 10.1. The highest BCUT2D eigenvalue weighted by atomic mass is 16.5. The van der Waals surface area contributed by atoms with Crippen LogP contribution in [0.15, 0.2) is 42.0 Å². The van der Waals surface area contributed by atoms with E-state index in [9.17, 15) is 0 Å². The molecule has 0 aromatic heterocycles. The van der Waals surface area contributed by atoms with Gasteiger partial charge in [-0.15, -0.1) is 0 Å². The number of ether oxygens (including phenoxy) is 1. The molecule has 2 rings (SSSR count). The lowest BCUT2D eigenvalue weighted by Crippen LogP contribution is -2.25. The Morgan fingerprint density at radius 3 is 2.78 bits per heavy atom. The van der Waals surface area contributed by atoms with Crippen LogP contribution in [0.5, 0.6) is 5.75 Å². The van der Waals surface area contributed by atoms with Gasteiger partial charge in [-0.1, -0.05) is 36.3 Å². The first kappa shape index (κ1) is 13.2. The molecule has 1 atom stereocenters. The second-order valence-electron chi connectivity index (χ2n) is 4.94. The molecule has 1 aromatic carbocycles. The fraction of sp³-hybridized carbons (Fsp3) is 0.500. The van der Waals surface area contributed by atoms with Crippen LogP contribution in [-0.4, -0.2) is 12.6 Å². The van der Waals surface area contributed by atoms with E-state index in [1.165, 1.54) is 37.7 Å². The van der Waals surface area contributed by atoms with Gasteiger partial charge in [0, 0.05) is 12.5 Å². The fourth-order valence-electron chi connectivity index (χ4n) is 2.38. The highest BCUT2D eigenvalue weighted by molar-refractivity contribution is 5.21. The van der Waals surface area contributed by atoms with Crippen LogP contribution in [-0.2, 0) is 0 Å². The zero-order chi connectivity index (χ0) is 12.6. The van der Waals surface area contributed by atoms with Crippen molar-refractivity contribution in [2.45, 2.75) is 44.6 Å². The van der Waals surface area contributed by atoms with Crippen LogP contribution in [0.1, 0.15) is 38.5 Å². The van der Waals surface area contributed by atoms with Crippen molar-refractivity contribution < 1.29 is 4.74 Å². The predicted molar refractivity (Wildman–Crippen MR) is 75.7 cm³/mol. The minimum absolute atomic E-state index is 0.173. The van der Waals surface area contributed by atoms with E-state index < -0.39 is 0 Å². The third kappa shape index (κ3) is 4.19. The van der Waals surface area contributed by atoms with Gasteiger partial charge < -0.3 is 10.5 Å². The zero-order valence-corrected chi connectivity index (χ0v) is 11.0. The molecule has 0 bridgehead atoms. The van der Waals surface area contributed by atoms with Crippen LogP contribution in [0, 0.1) is 0 Å². The third-order valence-electron chi connectivity index (χ3n) is 3.49. The first-order chi connectivity index (χ1) is 8.86. The van der Waals surface area contributed by atoms with Crippen molar-refractivity contribution in [2.75, 3.05) is 6.61 Å². The lowest BCUT2D eigenvalue weighted by Gasteiger charge is -2.15. The largest absolute Gasteiger partial charge is 0.494 e. The van der Waals surface area contributed by atoms with Crippen LogP contribution in [0.2, 0.25) is 0 Å². The molecule has 2 N–H and O–H groups in total. The first-order valence-electron chi connectivity index (χ1n) is 6.98. The summed E-state index contributed by atoms with van der Waals surface area (Å²) in [5.41, 5.74) is 7.67. The molecule has 0 fully saturated rings. The summed E-state index contributed by atoms with van der Waals surface area (Å²) in [5.74, 6) is 0.930. The highest BCUT2D eigenvalue weighted by Gasteiger charge is 2.11. The molecule has 98 valence electrons. The maximum Gasteiger partial charge on any atom is 0.119 e. The number of nitrogens with two attached hydrogens (primary N) is 1. The molecule has 1 aliphatic carbocycles. The van der Waals surface area contributed by atoms with Crippen molar-refractivity contribution in [2.24, 2.45) is 5.73 Å². The van der Waals surface area contributed by atoms with Crippen LogP contribution in [0.25, 0.3) is 0 Å². The second kappa shape index (κ2) is 7.22. The number of hydrogen-bond donors (Lipinski definition) is 1. The Bertz CT molecular complexity index is 372. The average Bonchev–Trinajstić information content (AvgIpc) is 2.69. The molecule has 0 saturated carbocycles. The molecule has 0 spiro atoms. The summed E-state index contributed by atoms with van der Waals surface area (Å²) in [6.07, 6.45) is 9.57. The standard InChI is InChI=1S/C16H23NO/c17-16(14-8-4-1-2-5-9-14)12-13-18-15-10-6-3-7-11-15/h3,6-8,10-11,16H,1-2,4-5,9,12-13,17H2. The van der Waals surface area contributed by atoms with Gasteiger partial charge in [0.25, 0.3) is 0 Å². The topological polar surface area (TPSA) is 35.2 Å². The quantitative estimate of drug-likeness (QED) is 0.803. The van der Waals surface area contributed by atoms with Gasteiger partial charge in [-0.05, 0) is 37.8 Å². The summed E-state index contributed by atoms with van der Waals surface area (Å²) in [6.45, 7) is 0.697. The molecule has 18 heavy (non-hydrogen) atoms. The lowest BCUT2D eigenvalue weighted by molar-refractivity contribution is 0.302.